The lowest BCUT2D eigenvalue weighted by atomic mass is 10.1. The molecule has 0 aliphatic heterocycles. The summed E-state index contributed by atoms with van der Waals surface area (Å²) in [4.78, 5) is 19.8. The van der Waals surface area contributed by atoms with E-state index in [1.54, 1.807) is 13.8 Å². The molecule has 7 heteroatoms. The summed E-state index contributed by atoms with van der Waals surface area (Å²) in [5.41, 5.74) is 0.282. The molecule has 1 aromatic carbocycles. The molecule has 80 valence electrons. The summed E-state index contributed by atoms with van der Waals surface area (Å²) in [6, 6.07) is 1.21. The molecule has 6 nitrogen and oxygen atoms in total. The van der Waals surface area contributed by atoms with Crippen molar-refractivity contribution < 1.29 is 9.85 Å². The molecule has 0 radical (unpaired) electrons. The van der Waals surface area contributed by atoms with Crippen LogP contribution in [0, 0.1) is 34.1 Å². The Labute approximate surface area is 93.3 Å². The Morgan fingerprint density at radius 3 is 2.13 bits per heavy atom. The van der Waals surface area contributed by atoms with Crippen molar-refractivity contribution in [3.8, 4) is 0 Å². The first kappa shape index (κ1) is 11.6. The van der Waals surface area contributed by atoms with Gasteiger partial charge in [-0.1, -0.05) is 0 Å². The number of nitro groups is 2. The maximum absolute atomic E-state index is 10.7. The fourth-order valence-corrected chi connectivity index (χ4v) is 1.82. The Hall–Kier alpha value is -1.50. The number of nitro benzene ring substituents is 2. The molecule has 0 saturated heterocycles. The summed E-state index contributed by atoms with van der Waals surface area (Å²) in [5.74, 6) is 0. The zero-order chi connectivity index (χ0) is 11.7. The highest BCUT2D eigenvalue weighted by atomic mass is 79.9. The van der Waals surface area contributed by atoms with Crippen molar-refractivity contribution in [1.82, 2.24) is 0 Å². The maximum Gasteiger partial charge on any atom is 0.360 e. The maximum atomic E-state index is 10.7. The van der Waals surface area contributed by atoms with Crippen LogP contribution in [-0.2, 0) is 0 Å². The summed E-state index contributed by atoms with van der Waals surface area (Å²) in [6.07, 6.45) is 0. The molecule has 0 aromatic heterocycles. The van der Waals surface area contributed by atoms with Gasteiger partial charge in [0.1, 0.15) is 4.47 Å². The normalized spacial score (nSPS) is 10.1. The van der Waals surface area contributed by atoms with Gasteiger partial charge in [-0.05, 0) is 40.9 Å². The average Bonchev–Trinajstić information content (AvgIpc) is 2.12. The van der Waals surface area contributed by atoms with Crippen molar-refractivity contribution in [1.29, 1.82) is 0 Å². The molecule has 0 heterocycles. The van der Waals surface area contributed by atoms with Crippen molar-refractivity contribution in [3.05, 3.63) is 41.9 Å². The SMILES string of the molecule is Cc1cc([N+](=O)[O-])c([N+](=O)[O-])c(Br)c1C. The lowest BCUT2D eigenvalue weighted by Crippen LogP contribution is -2.00. The van der Waals surface area contributed by atoms with Gasteiger partial charge in [-0.2, -0.15) is 0 Å². The molecule has 0 N–H and O–H groups in total. The van der Waals surface area contributed by atoms with E-state index in [-0.39, 0.29) is 4.47 Å². The van der Waals surface area contributed by atoms with Crippen LogP contribution in [0.4, 0.5) is 11.4 Å². The molecule has 0 fully saturated rings. The van der Waals surface area contributed by atoms with Crippen LogP contribution in [-0.4, -0.2) is 9.85 Å². The first-order valence-corrected chi connectivity index (χ1v) is 4.74. The first-order valence-electron chi connectivity index (χ1n) is 3.94. The van der Waals surface area contributed by atoms with Gasteiger partial charge in [0.25, 0.3) is 0 Å². The summed E-state index contributed by atoms with van der Waals surface area (Å²) >= 11 is 3.00. The standard InChI is InChI=1S/C8H7BrN2O4/c1-4-3-6(10(12)13)8(11(14)15)7(9)5(4)2/h3H,1-2H3. The molecule has 1 rings (SSSR count). The Morgan fingerprint density at radius 1 is 1.20 bits per heavy atom. The number of benzene rings is 1. The summed E-state index contributed by atoms with van der Waals surface area (Å²) in [5, 5.41) is 21.3. The lowest BCUT2D eigenvalue weighted by molar-refractivity contribution is -0.423. The molecule has 0 aliphatic carbocycles. The molecular weight excluding hydrogens is 268 g/mol. The number of rotatable bonds is 2. The van der Waals surface area contributed by atoms with E-state index >= 15 is 0 Å². The van der Waals surface area contributed by atoms with E-state index in [4.69, 9.17) is 0 Å². The largest absolute Gasteiger partial charge is 0.360 e. The van der Waals surface area contributed by atoms with Crippen molar-refractivity contribution in [2.45, 2.75) is 13.8 Å². The molecule has 0 saturated carbocycles. The van der Waals surface area contributed by atoms with E-state index in [0.717, 1.165) is 0 Å². The molecule has 1 aromatic rings. The smallest absolute Gasteiger partial charge is 0.258 e. The topological polar surface area (TPSA) is 86.3 Å². The van der Waals surface area contributed by atoms with Crippen LogP contribution in [0.1, 0.15) is 11.1 Å². The van der Waals surface area contributed by atoms with Crippen molar-refractivity contribution in [3.63, 3.8) is 0 Å². The highest BCUT2D eigenvalue weighted by Gasteiger charge is 2.29. The van der Waals surface area contributed by atoms with E-state index in [0.29, 0.717) is 11.1 Å². The Balaban J connectivity index is 3.65. The molecule has 0 atom stereocenters. The number of hydrogen-bond donors (Lipinski definition) is 0. The second kappa shape index (κ2) is 3.93. The van der Waals surface area contributed by atoms with E-state index in [1.807, 2.05) is 0 Å². The fourth-order valence-electron chi connectivity index (χ4n) is 1.16. The Kier molecular flexibility index (Phi) is 3.04. The van der Waals surface area contributed by atoms with Gasteiger partial charge in [-0.25, -0.2) is 0 Å². The van der Waals surface area contributed by atoms with Crippen LogP contribution >= 0.6 is 15.9 Å². The van der Waals surface area contributed by atoms with Gasteiger partial charge in [0.05, 0.1) is 9.85 Å². The molecule has 0 aliphatic rings. The highest BCUT2D eigenvalue weighted by molar-refractivity contribution is 9.10. The van der Waals surface area contributed by atoms with Crippen LogP contribution in [0.5, 0.6) is 0 Å². The zero-order valence-electron chi connectivity index (χ0n) is 7.98. The predicted octanol–water partition coefficient (Wildman–Crippen LogP) is 2.88. The van der Waals surface area contributed by atoms with Gasteiger partial charge in [-0.15, -0.1) is 0 Å². The summed E-state index contributed by atoms with van der Waals surface area (Å²) in [7, 11) is 0. The second-order valence-electron chi connectivity index (χ2n) is 3.01. The Bertz CT molecular complexity index is 458. The third-order valence-corrected chi connectivity index (χ3v) is 3.07. The average molecular weight is 275 g/mol. The van der Waals surface area contributed by atoms with Crippen LogP contribution in [0.2, 0.25) is 0 Å². The van der Waals surface area contributed by atoms with Gasteiger partial charge < -0.3 is 0 Å². The molecule has 15 heavy (non-hydrogen) atoms. The first-order chi connectivity index (χ1) is 6.86. The molecular formula is C8H7BrN2O4. The number of nitrogens with zero attached hydrogens (tertiary/aromatic N) is 2. The van der Waals surface area contributed by atoms with Gasteiger partial charge in [0.15, 0.2) is 0 Å². The van der Waals surface area contributed by atoms with Gasteiger partial charge >= 0.3 is 11.4 Å². The summed E-state index contributed by atoms with van der Waals surface area (Å²) < 4.78 is 0.166. The zero-order valence-corrected chi connectivity index (χ0v) is 9.57. The summed E-state index contributed by atoms with van der Waals surface area (Å²) in [6.45, 7) is 3.33. The number of hydrogen-bond acceptors (Lipinski definition) is 4. The predicted molar refractivity (Wildman–Crippen MR) is 56.9 cm³/mol. The monoisotopic (exact) mass is 274 g/mol. The minimum Gasteiger partial charge on any atom is -0.258 e. The lowest BCUT2D eigenvalue weighted by Gasteiger charge is -2.04. The number of halogens is 1. The van der Waals surface area contributed by atoms with Crippen molar-refractivity contribution in [2.75, 3.05) is 0 Å². The van der Waals surface area contributed by atoms with Crippen molar-refractivity contribution >= 4 is 27.3 Å². The van der Waals surface area contributed by atoms with Crippen LogP contribution in [0.3, 0.4) is 0 Å². The molecule has 0 unspecified atom stereocenters. The quantitative estimate of drug-likeness (QED) is 0.613. The van der Waals surface area contributed by atoms with Gasteiger partial charge in [-0.3, -0.25) is 20.2 Å². The number of aryl methyl sites for hydroxylation is 1. The minimum absolute atomic E-state index is 0.166. The molecule has 0 bridgehead atoms. The van der Waals surface area contributed by atoms with Crippen LogP contribution in [0.25, 0.3) is 0 Å². The second-order valence-corrected chi connectivity index (χ2v) is 3.81. The third-order valence-electron chi connectivity index (χ3n) is 2.10. The Morgan fingerprint density at radius 2 is 1.73 bits per heavy atom. The molecule has 0 spiro atoms. The molecule has 0 amide bonds. The van der Waals surface area contributed by atoms with Gasteiger partial charge in [0, 0.05) is 6.07 Å². The van der Waals surface area contributed by atoms with Crippen LogP contribution in [0.15, 0.2) is 10.5 Å². The fraction of sp³-hybridized carbons (Fsp3) is 0.250. The van der Waals surface area contributed by atoms with E-state index in [1.165, 1.54) is 6.07 Å². The minimum atomic E-state index is -0.755. The van der Waals surface area contributed by atoms with E-state index < -0.39 is 21.2 Å². The van der Waals surface area contributed by atoms with E-state index in [9.17, 15) is 20.2 Å². The third kappa shape index (κ3) is 1.96. The highest BCUT2D eigenvalue weighted by Crippen LogP contribution is 2.38. The van der Waals surface area contributed by atoms with Crippen molar-refractivity contribution in [2.24, 2.45) is 0 Å². The van der Waals surface area contributed by atoms with Gasteiger partial charge in [0.2, 0.25) is 0 Å². The van der Waals surface area contributed by atoms with Crippen LogP contribution < -0.4 is 0 Å². The van der Waals surface area contributed by atoms with E-state index in [2.05, 4.69) is 15.9 Å².